The Morgan fingerprint density at radius 3 is 1.67 bits per heavy atom. The lowest BCUT2D eigenvalue weighted by Crippen LogP contribution is -1.93. The molecule has 0 bridgehead atoms. The van der Waals surface area contributed by atoms with E-state index in [0.717, 1.165) is 0 Å². The summed E-state index contributed by atoms with van der Waals surface area (Å²) in [6.07, 6.45) is 0. The van der Waals surface area contributed by atoms with Gasteiger partial charge < -0.3 is 4.40 Å². The van der Waals surface area contributed by atoms with Crippen molar-refractivity contribution in [2.24, 2.45) is 0 Å². The SMILES string of the molecule is c1ccc(-c2c3ccccc3c3c4ccccc4c4ccccc4n23)cc1. The van der Waals surface area contributed by atoms with Crippen LogP contribution in [-0.4, -0.2) is 4.40 Å². The van der Waals surface area contributed by atoms with Crippen LogP contribution in [0.1, 0.15) is 0 Å². The molecule has 4 aromatic carbocycles. The molecule has 0 unspecified atom stereocenters. The normalized spacial score (nSPS) is 11.7. The fraction of sp³-hybridized carbons (Fsp3) is 0. The molecular formula is C26H17N. The fourth-order valence-electron chi connectivity index (χ4n) is 4.46. The summed E-state index contributed by atoms with van der Waals surface area (Å²) in [5, 5.41) is 6.50. The van der Waals surface area contributed by atoms with Crippen molar-refractivity contribution in [1.29, 1.82) is 0 Å². The van der Waals surface area contributed by atoms with Gasteiger partial charge in [0, 0.05) is 21.5 Å². The van der Waals surface area contributed by atoms with Crippen molar-refractivity contribution >= 4 is 38.0 Å². The van der Waals surface area contributed by atoms with Gasteiger partial charge in [-0.25, -0.2) is 0 Å². The second-order valence-electron chi connectivity index (χ2n) is 7.01. The van der Waals surface area contributed by atoms with E-state index < -0.39 is 0 Å². The number of pyridine rings is 1. The van der Waals surface area contributed by atoms with E-state index in [9.17, 15) is 0 Å². The molecule has 0 spiro atoms. The topological polar surface area (TPSA) is 4.41 Å². The molecule has 0 N–H and O–H groups in total. The maximum Gasteiger partial charge on any atom is 0.0620 e. The largest absolute Gasteiger partial charge is 0.307 e. The van der Waals surface area contributed by atoms with Crippen LogP contribution in [0, 0.1) is 0 Å². The lowest BCUT2D eigenvalue weighted by molar-refractivity contribution is 1.29. The van der Waals surface area contributed by atoms with E-state index in [-0.39, 0.29) is 0 Å². The summed E-state index contributed by atoms with van der Waals surface area (Å²) in [5.74, 6) is 0. The van der Waals surface area contributed by atoms with Crippen LogP contribution in [-0.2, 0) is 0 Å². The average Bonchev–Trinajstić information content (AvgIpc) is 3.10. The third kappa shape index (κ3) is 1.94. The van der Waals surface area contributed by atoms with Crippen LogP contribution in [0.3, 0.4) is 0 Å². The summed E-state index contributed by atoms with van der Waals surface area (Å²) in [6, 6.07) is 37.0. The van der Waals surface area contributed by atoms with Crippen LogP contribution in [0.5, 0.6) is 0 Å². The molecule has 6 aromatic rings. The van der Waals surface area contributed by atoms with Gasteiger partial charge in [-0.2, -0.15) is 0 Å². The molecule has 0 saturated heterocycles. The van der Waals surface area contributed by atoms with Crippen molar-refractivity contribution < 1.29 is 0 Å². The van der Waals surface area contributed by atoms with E-state index >= 15 is 0 Å². The Labute approximate surface area is 157 Å². The monoisotopic (exact) mass is 343 g/mol. The van der Waals surface area contributed by atoms with Gasteiger partial charge in [0.1, 0.15) is 0 Å². The van der Waals surface area contributed by atoms with Gasteiger partial charge in [0.15, 0.2) is 0 Å². The predicted octanol–water partition coefficient (Wildman–Crippen LogP) is 7.07. The molecule has 27 heavy (non-hydrogen) atoms. The molecule has 1 nitrogen and oxygen atoms in total. The second kappa shape index (κ2) is 5.46. The van der Waals surface area contributed by atoms with E-state index in [1.807, 2.05) is 0 Å². The number of rotatable bonds is 1. The Hall–Kier alpha value is -3.58. The smallest absolute Gasteiger partial charge is 0.0620 e. The van der Waals surface area contributed by atoms with Gasteiger partial charge >= 0.3 is 0 Å². The zero-order valence-corrected chi connectivity index (χ0v) is 14.8. The van der Waals surface area contributed by atoms with Crippen LogP contribution in [0.15, 0.2) is 103 Å². The van der Waals surface area contributed by atoms with E-state index in [0.29, 0.717) is 0 Å². The molecule has 6 rings (SSSR count). The maximum absolute atomic E-state index is 2.46. The van der Waals surface area contributed by atoms with Gasteiger partial charge in [-0.05, 0) is 17.0 Å². The molecule has 2 heterocycles. The zero-order valence-electron chi connectivity index (χ0n) is 14.8. The molecule has 0 atom stereocenters. The van der Waals surface area contributed by atoms with E-state index in [2.05, 4.69) is 108 Å². The number of hydrogen-bond donors (Lipinski definition) is 0. The number of aromatic nitrogens is 1. The number of benzene rings is 4. The van der Waals surface area contributed by atoms with Gasteiger partial charge in [-0.3, -0.25) is 0 Å². The Morgan fingerprint density at radius 1 is 0.407 bits per heavy atom. The van der Waals surface area contributed by atoms with E-state index in [1.165, 1.54) is 49.2 Å². The molecule has 0 saturated carbocycles. The third-order valence-corrected chi connectivity index (χ3v) is 5.55. The summed E-state index contributed by atoms with van der Waals surface area (Å²) in [6.45, 7) is 0. The van der Waals surface area contributed by atoms with Crippen LogP contribution in [0.25, 0.3) is 49.2 Å². The minimum Gasteiger partial charge on any atom is -0.307 e. The summed E-state index contributed by atoms with van der Waals surface area (Å²) in [7, 11) is 0. The summed E-state index contributed by atoms with van der Waals surface area (Å²) >= 11 is 0. The standard InChI is InChI=1S/C26H17N/c1-2-10-18(11-3-1)25-22-15-6-7-16-23(22)26-21-14-5-4-12-19(21)20-13-8-9-17-24(20)27(25)26/h1-17H. The number of para-hydroxylation sites is 1. The highest BCUT2D eigenvalue weighted by Gasteiger charge is 2.18. The number of nitrogens with zero attached hydrogens (tertiary/aromatic N) is 1. The summed E-state index contributed by atoms with van der Waals surface area (Å²) in [5.41, 5.74) is 5.05. The highest BCUT2D eigenvalue weighted by Crippen LogP contribution is 2.40. The third-order valence-electron chi connectivity index (χ3n) is 5.55. The van der Waals surface area contributed by atoms with Crippen molar-refractivity contribution in [2.45, 2.75) is 0 Å². The minimum absolute atomic E-state index is 1.24. The van der Waals surface area contributed by atoms with Crippen molar-refractivity contribution in [2.75, 3.05) is 0 Å². The Balaban J connectivity index is 2.02. The Kier molecular flexibility index (Phi) is 2.95. The molecule has 0 aliphatic rings. The number of hydrogen-bond acceptors (Lipinski definition) is 0. The van der Waals surface area contributed by atoms with Crippen LogP contribution in [0.4, 0.5) is 0 Å². The lowest BCUT2D eigenvalue weighted by atomic mass is 10.0. The maximum atomic E-state index is 2.46. The van der Waals surface area contributed by atoms with Gasteiger partial charge in [-0.1, -0.05) is 97.1 Å². The lowest BCUT2D eigenvalue weighted by Gasteiger charge is -2.12. The summed E-state index contributed by atoms with van der Waals surface area (Å²) < 4.78 is 2.46. The van der Waals surface area contributed by atoms with Crippen molar-refractivity contribution in [3.63, 3.8) is 0 Å². The van der Waals surface area contributed by atoms with Crippen LogP contribution >= 0.6 is 0 Å². The Morgan fingerprint density at radius 2 is 0.926 bits per heavy atom. The molecule has 0 radical (unpaired) electrons. The van der Waals surface area contributed by atoms with Crippen molar-refractivity contribution in [3.05, 3.63) is 103 Å². The van der Waals surface area contributed by atoms with E-state index in [1.54, 1.807) is 0 Å². The van der Waals surface area contributed by atoms with Crippen molar-refractivity contribution in [1.82, 2.24) is 4.40 Å². The molecule has 0 amide bonds. The molecular weight excluding hydrogens is 326 g/mol. The summed E-state index contributed by atoms with van der Waals surface area (Å²) in [4.78, 5) is 0. The number of fused-ring (bicyclic) bond motifs is 8. The molecule has 2 aromatic heterocycles. The van der Waals surface area contributed by atoms with Crippen LogP contribution < -0.4 is 0 Å². The van der Waals surface area contributed by atoms with Gasteiger partial charge in [-0.15, -0.1) is 0 Å². The second-order valence-corrected chi connectivity index (χ2v) is 7.01. The van der Waals surface area contributed by atoms with Gasteiger partial charge in [0.05, 0.1) is 16.7 Å². The minimum atomic E-state index is 1.24. The highest BCUT2D eigenvalue weighted by atomic mass is 14.9. The highest BCUT2D eigenvalue weighted by molar-refractivity contribution is 6.22. The first-order valence-corrected chi connectivity index (χ1v) is 9.31. The molecule has 126 valence electrons. The molecule has 0 aliphatic heterocycles. The molecule has 1 heteroatoms. The fourth-order valence-corrected chi connectivity index (χ4v) is 4.46. The first-order chi connectivity index (χ1) is 13.4. The van der Waals surface area contributed by atoms with E-state index in [4.69, 9.17) is 0 Å². The first kappa shape index (κ1) is 14.6. The zero-order chi connectivity index (χ0) is 17.8. The van der Waals surface area contributed by atoms with Gasteiger partial charge in [0.2, 0.25) is 0 Å². The van der Waals surface area contributed by atoms with Crippen molar-refractivity contribution in [3.8, 4) is 11.3 Å². The van der Waals surface area contributed by atoms with Crippen LogP contribution in [0.2, 0.25) is 0 Å². The van der Waals surface area contributed by atoms with Gasteiger partial charge in [0.25, 0.3) is 0 Å². The Bertz CT molecular complexity index is 1460. The molecule has 0 aliphatic carbocycles. The quantitative estimate of drug-likeness (QED) is 0.281. The predicted molar refractivity (Wildman–Crippen MR) is 115 cm³/mol. The molecule has 0 fully saturated rings. The first-order valence-electron chi connectivity index (χ1n) is 9.31. The average molecular weight is 343 g/mol.